The number of alkyl halides is 3. The Labute approximate surface area is 92.2 Å². The molecule has 0 fully saturated rings. The summed E-state index contributed by atoms with van der Waals surface area (Å²) in [4.78, 5) is 0. The molecule has 0 saturated heterocycles. The molecular weight excluding hydrogens is 217 g/mol. The second kappa shape index (κ2) is 5.16. The number of aliphatic hydroxyl groups excluding tert-OH is 1. The molecule has 0 aliphatic heterocycles. The van der Waals surface area contributed by atoms with Crippen LogP contribution in [-0.4, -0.2) is 11.7 Å². The first-order valence-corrected chi connectivity index (χ1v) is 4.90. The minimum absolute atomic E-state index is 0.0378. The Morgan fingerprint density at radius 1 is 1.31 bits per heavy atom. The molecular formula is C12H13F3O. The van der Waals surface area contributed by atoms with Crippen molar-refractivity contribution in [1.29, 1.82) is 0 Å². The van der Waals surface area contributed by atoms with E-state index in [-0.39, 0.29) is 12.2 Å². The van der Waals surface area contributed by atoms with Crippen LogP contribution in [0, 0.1) is 6.92 Å². The first kappa shape index (κ1) is 12.8. The SMILES string of the molecule is Cc1cc(C=CCCO)ccc1C(F)(F)F. The molecule has 0 radical (unpaired) electrons. The molecule has 0 spiro atoms. The molecule has 0 aliphatic rings. The number of aryl methyl sites for hydroxylation is 1. The summed E-state index contributed by atoms with van der Waals surface area (Å²) in [7, 11) is 0. The number of aliphatic hydroxyl groups is 1. The number of hydrogen-bond acceptors (Lipinski definition) is 1. The molecule has 0 saturated carbocycles. The molecule has 0 unspecified atom stereocenters. The molecule has 1 nitrogen and oxygen atoms in total. The molecule has 4 heteroatoms. The average molecular weight is 230 g/mol. The van der Waals surface area contributed by atoms with Gasteiger partial charge in [-0.05, 0) is 30.5 Å². The first-order valence-electron chi connectivity index (χ1n) is 4.90. The molecule has 0 aromatic heterocycles. The van der Waals surface area contributed by atoms with E-state index in [2.05, 4.69) is 0 Å². The fourth-order valence-corrected chi connectivity index (χ4v) is 1.40. The van der Waals surface area contributed by atoms with Crippen LogP contribution in [0.3, 0.4) is 0 Å². The van der Waals surface area contributed by atoms with E-state index in [1.54, 1.807) is 12.2 Å². The maximum atomic E-state index is 12.4. The van der Waals surface area contributed by atoms with E-state index in [0.29, 0.717) is 12.0 Å². The summed E-state index contributed by atoms with van der Waals surface area (Å²) in [5.74, 6) is 0. The van der Waals surface area contributed by atoms with Gasteiger partial charge in [0.15, 0.2) is 0 Å². The van der Waals surface area contributed by atoms with Gasteiger partial charge in [-0.2, -0.15) is 13.2 Å². The number of halogens is 3. The quantitative estimate of drug-likeness (QED) is 0.843. The lowest BCUT2D eigenvalue weighted by molar-refractivity contribution is -0.138. The molecule has 1 aromatic carbocycles. The zero-order valence-electron chi connectivity index (χ0n) is 8.88. The highest BCUT2D eigenvalue weighted by Gasteiger charge is 2.31. The van der Waals surface area contributed by atoms with E-state index in [1.807, 2.05) is 0 Å². The van der Waals surface area contributed by atoms with E-state index in [9.17, 15) is 13.2 Å². The zero-order valence-corrected chi connectivity index (χ0v) is 8.88. The normalized spacial score (nSPS) is 12.3. The lowest BCUT2D eigenvalue weighted by atomic mass is 10.0. The lowest BCUT2D eigenvalue weighted by Crippen LogP contribution is -2.07. The largest absolute Gasteiger partial charge is 0.416 e. The third-order valence-corrected chi connectivity index (χ3v) is 2.16. The minimum atomic E-state index is -4.29. The summed E-state index contributed by atoms with van der Waals surface area (Å²) in [5.41, 5.74) is 0.310. The highest BCUT2D eigenvalue weighted by Crippen LogP contribution is 2.32. The Morgan fingerprint density at radius 3 is 2.50 bits per heavy atom. The van der Waals surface area contributed by atoms with Crippen molar-refractivity contribution in [2.45, 2.75) is 19.5 Å². The van der Waals surface area contributed by atoms with Crippen molar-refractivity contribution >= 4 is 6.08 Å². The van der Waals surface area contributed by atoms with Crippen LogP contribution in [0.1, 0.15) is 23.1 Å². The van der Waals surface area contributed by atoms with Gasteiger partial charge >= 0.3 is 6.18 Å². The van der Waals surface area contributed by atoms with Crippen LogP contribution < -0.4 is 0 Å². The monoisotopic (exact) mass is 230 g/mol. The topological polar surface area (TPSA) is 20.2 Å². The van der Waals surface area contributed by atoms with Crippen LogP contribution in [0.25, 0.3) is 6.08 Å². The third kappa shape index (κ3) is 3.38. The van der Waals surface area contributed by atoms with Crippen LogP contribution >= 0.6 is 0 Å². The summed E-state index contributed by atoms with van der Waals surface area (Å²) in [6.07, 6.45) is -0.372. The van der Waals surface area contributed by atoms with Crippen LogP contribution in [0.4, 0.5) is 13.2 Å². The summed E-state index contributed by atoms with van der Waals surface area (Å²) >= 11 is 0. The molecule has 1 rings (SSSR count). The predicted molar refractivity (Wildman–Crippen MR) is 56.9 cm³/mol. The van der Waals surface area contributed by atoms with Crippen molar-refractivity contribution in [1.82, 2.24) is 0 Å². The van der Waals surface area contributed by atoms with E-state index >= 15 is 0 Å². The fourth-order valence-electron chi connectivity index (χ4n) is 1.40. The maximum Gasteiger partial charge on any atom is 0.416 e. The summed E-state index contributed by atoms with van der Waals surface area (Å²) < 4.78 is 37.3. The van der Waals surface area contributed by atoms with Gasteiger partial charge in [0.2, 0.25) is 0 Å². The smallest absolute Gasteiger partial charge is 0.396 e. The molecule has 0 atom stereocenters. The predicted octanol–water partition coefficient (Wildman–Crippen LogP) is 3.41. The summed E-state index contributed by atoms with van der Waals surface area (Å²) in [5, 5.41) is 8.55. The molecule has 0 heterocycles. The highest BCUT2D eigenvalue weighted by molar-refractivity contribution is 5.52. The Hall–Kier alpha value is -1.29. The average Bonchev–Trinajstić information content (AvgIpc) is 2.16. The zero-order chi connectivity index (χ0) is 12.2. The third-order valence-electron chi connectivity index (χ3n) is 2.16. The molecule has 16 heavy (non-hydrogen) atoms. The molecule has 1 aromatic rings. The van der Waals surface area contributed by atoms with Gasteiger partial charge in [-0.15, -0.1) is 0 Å². The number of rotatable bonds is 3. The van der Waals surface area contributed by atoms with Gasteiger partial charge in [0.05, 0.1) is 5.56 Å². The van der Waals surface area contributed by atoms with Crippen LogP contribution in [0.15, 0.2) is 24.3 Å². The van der Waals surface area contributed by atoms with E-state index in [4.69, 9.17) is 5.11 Å². The second-order valence-corrected chi connectivity index (χ2v) is 3.49. The fraction of sp³-hybridized carbons (Fsp3) is 0.333. The van der Waals surface area contributed by atoms with Crippen molar-refractivity contribution in [3.8, 4) is 0 Å². The Bertz CT molecular complexity index is 380. The molecule has 0 bridgehead atoms. The van der Waals surface area contributed by atoms with Gasteiger partial charge in [0.1, 0.15) is 0 Å². The standard InChI is InChI=1S/C12H13F3O/c1-9-8-10(4-2-3-7-16)5-6-11(9)12(13,14)15/h2,4-6,8,16H,3,7H2,1H3. The first-order chi connectivity index (χ1) is 7.45. The number of hydrogen-bond donors (Lipinski definition) is 1. The van der Waals surface area contributed by atoms with E-state index < -0.39 is 11.7 Å². The van der Waals surface area contributed by atoms with Gasteiger partial charge in [-0.25, -0.2) is 0 Å². The molecule has 0 aliphatic carbocycles. The highest BCUT2D eigenvalue weighted by atomic mass is 19.4. The van der Waals surface area contributed by atoms with Crippen LogP contribution in [-0.2, 0) is 6.18 Å². The minimum Gasteiger partial charge on any atom is -0.396 e. The van der Waals surface area contributed by atoms with Crippen molar-refractivity contribution in [3.63, 3.8) is 0 Å². The Kier molecular flexibility index (Phi) is 4.12. The van der Waals surface area contributed by atoms with Crippen molar-refractivity contribution < 1.29 is 18.3 Å². The second-order valence-electron chi connectivity index (χ2n) is 3.49. The summed E-state index contributed by atoms with van der Waals surface area (Å²) in [6.45, 7) is 1.47. The molecule has 88 valence electrons. The number of benzene rings is 1. The maximum absolute atomic E-state index is 12.4. The van der Waals surface area contributed by atoms with Gasteiger partial charge in [0, 0.05) is 6.61 Å². The van der Waals surface area contributed by atoms with Gasteiger partial charge in [0.25, 0.3) is 0 Å². The Morgan fingerprint density at radius 2 is 2.00 bits per heavy atom. The Balaban J connectivity index is 2.91. The van der Waals surface area contributed by atoms with Crippen LogP contribution in [0.5, 0.6) is 0 Å². The van der Waals surface area contributed by atoms with Crippen molar-refractivity contribution in [3.05, 3.63) is 41.0 Å². The van der Waals surface area contributed by atoms with Crippen molar-refractivity contribution in [2.24, 2.45) is 0 Å². The van der Waals surface area contributed by atoms with Crippen LogP contribution in [0.2, 0.25) is 0 Å². The van der Waals surface area contributed by atoms with Gasteiger partial charge in [-0.3, -0.25) is 0 Å². The molecule has 1 N–H and O–H groups in total. The van der Waals surface area contributed by atoms with E-state index in [1.165, 1.54) is 19.1 Å². The lowest BCUT2D eigenvalue weighted by Gasteiger charge is -2.10. The van der Waals surface area contributed by atoms with E-state index in [0.717, 1.165) is 6.07 Å². The summed E-state index contributed by atoms with van der Waals surface area (Å²) in [6, 6.07) is 3.98. The van der Waals surface area contributed by atoms with Gasteiger partial charge < -0.3 is 5.11 Å². The van der Waals surface area contributed by atoms with Gasteiger partial charge in [-0.1, -0.05) is 24.3 Å². The molecule has 0 amide bonds. The van der Waals surface area contributed by atoms with Crippen molar-refractivity contribution in [2.75, 3.05) is 6.61 Å².